The van der Waals surface area contributed by atoms with Crippen LogP contribution < -0.4 is 5.32 Å². The van der Waals surface area contributed by atoms with E-state index in [2.05, 4.69) is 5.32 Å². The summed E-state index contributed by atoms with van der Waals surface area (Å²) in [6.07, 6.45) is -0.338. The average molecular weight is 394 g/mol. The maximum absolute atomic E-state index is 12.6. The van der Waals surface area contributed by atoms with Crippen molar-refractivity contribution in [3.05, 3.63) is 64.7 Å². The molecule has 7 heteroatoms. The van der Waals surface area contributed by atoms with Crippen molar-refractivity contribution in [2.24, 2.45) is 0 Å². The van der Waals surface area contributed by atoms with E-state index in [-0.39, 0.29) is 18.6 Å². The molecule has 1 amide bonds. The second kappa shape index (κ2) is 9.62. The first kappa shape index (κ1) is 20.3. The minimum absolute atomic E-state index is 0.267. The number of hydrogen-bond acceptors (Lipinski definition) is 4. The van der Waals surface area contributed by atoms with Gasteiger partial charge in [-0.05, 0) is 36.8 Å². The molecular formula is C19H20ClNO4S. The van der Waals surface area contributed by atoms with Crippen LogP contribution in [0.25, 0.3) is 0 Å². The topological polar surface area (TPSA) is 75.6 Å². The number of rotatable bonds is 8. The summed E-state index contributed by atoms with van der Waals surface area (Å²) in [7, 11) is 1.57. The van der Waals surface area contributed by atoms with Gasteiger partial charge in [0.05, 0.1) is 11.7 Å². The first-order valence-electron chi connectivity index (χ1n) is 7.97. The molecule has 0 saturated heterocycles. The van der Waals surface area contributed by atoms with Gasteiger partial charge in [-0.2, -0.15) is 0 Å². The second-order valence-electron chi connectivity index (χ2n) is 5.58. The Bertz CT molecular complexity index is 784. The molecule has 138 valence electrons. The lowest BCUT2D eigenvalue weighted by Crippen LogP contribution is -2.29. The Kier molecular flexibility index (Phi) is 7.50. The van der Waals surface area contributed by atoms with E-state index in [4.69, 9.17) is 21.4 Å². The molecule has 0 spiro atoms. The molecule has 0 saturated carbocycles. The summed E-state index contributed by atoms with van der Waals surface area (Å²) < 4.78 is 5.45. The molecule has 26 heavy (non-hydrogen) atoms. The molecular weight excluding hydrogens is 374 g/mol. The predicted octanol–water partition coefficient (Wildman–Crippen LogP) is 4.02. The fraction of sp³-hybridized carbons (Fsp3) is 0.263. The number of halogens is 1. The molecule has 2 aromatic rings. The zero-order valence-electron chi connectivity index (χ0n) is 14.4. The van der Waals surface area contributed by atoms with Crippen molar-refractivity contribution in [1.29, 1.82) is 0 Å². The molecule has 2 unspecified atom stereocenters. The van der Waals surface area contributed by atoms with Crippen LogP contribution in [0, 0.1) is 0 Å². The number of hydrogen-bond donors (Lipinski definition) is 2. The van der Waals surface area contributed by atoms with Gasteiger partial charge in [-0.15, -0.1) is 11.8 Å². The molecule has 0 aliphatic rings. The highest BCUT2D eigenvalue weighted by Gasteiger charge is 2.19. The van der Waals surface area contributed by atoms with Crippen molar-refractivity contribution >= 4 is 35.2 Å². The number of amides is 1. The molecule has 0 aromatic heterocycles. The van der Waals surface area contributed by atoms with E-state index in [1.54, 1.807) is 50.4 Å². The van der Waals surface area contributed by atoms with E-state index in [1.807, 2.05) is 12.1 Å². The number of benzene rings is 2. The van der Waals surface area contributed by atoms with E-state index >= 15 is 0 Å². The van der Waals surface area contributed by atoms with Crippen molar-refractivity contribution in [1.82, 2.24) is 5.32 Å². The summed E-state index contributed by atoms with van der Waals surface area (Å²) in [5, 5.41) is 11.9. The molecule has 0 aliphatic heterocycles. The van der Waals surface area contributed by atoms with Gasteiger partial charge >= 0.3 is 5.97 Å². The van der Waals surface area contributed by atoms with Crippen LogP contribution in [-0.2, 0) is 9.53 Å². The quantitative estimate of drug-likeness (QED) is 0.662. The highest BCUT2D eigenvalue weighted by Crippen LogP contribution is 2.27. The van der Waals surface area contributed by atoms with E-state index in [0.29, 0.717) is 15.5 Å². The van der Waals surface area contributed by atoms with Gasteiger partial charge in [0.25, 0.3) is 5.91 Å². The molecule has 2 aromatic carbocycles. The summed E-state index contributed by atoms with van der Waals surface area (Å²) in [6.45, 7) is 1.85. The van der Waals surface area contributed by atoms with Crippen molar-refractivity contribution in [2.75, 3.05) is 13.7 Å². The molecule has 0 radical (unpaired) electrons. The van der Waals surface area contributed by atoms with Crippen molar-refractivity contribution in [3.63, 3.8) is 0 Å². The van der Waals surface area contributed by atoms with Crippen LogP contribution >= 0.6 is 23.4 Å². The van der Waals surface area contributed by atoms with E-state index < -0.39 is 11.2 Å². The molecule has 5 nitrogen and oxygen atoms in total. The molecule has 0 fully saturated rings. The predicted molar refractivity (Wildman–Crippen MR) is 103 cm³/mol. The first-order valence-corrected chi connectivity index (χ1v) is 9.23. The van der Waals surface area contributed by atoms with Crippen molar-refractivity contribution < 1.29 is 19.4 Å². The number of ether oxygens (including phenoxy) is 1. The standard InChI is InChI=1S/C19H20ClNO4S/c1-12(19(23)24)26-17-9-4-3-8-15(17)18(22)21-11-16(25-2)13-6-5-7-14(20)10-13/h3-10,12,16H,11H2,1-2H3,(H,21,22)(H,23,24). The molecule has 2 rings (SSSR count). The Hall–Kier alpha value is -2.02. The summed E-state index contributed by atoms with van der Waals surface area (Å²) in [4.78, 5) is 24.3. The van der Waals surface area contributed by atoms with E-state index in [9.17, 15) is 9.59 Å². The lowest BCUT2D eigenvalue weighted by Gasteiger charge is -2.18. The van der Waals surface area contributed by atoms with Gasteiger partial charge in [-0.25, -0.2) is 0 Å². The highest BCUT2D eigenvalue weighted by molar-refractivity contribution is 8.00. The highest BCUT2D eigenvalue weighted by atomic mass is 35.5. The average Bonchev–Trinajstić information content (AvgIpc) is 2.62. The minimum atomic E-state index is -0.925. The fourth-order valence-electron chi connectivity index (χ4n) is 2.32. The Morgan fingerprint density at radius 1 is 1.23 bits per heavy atom. The summed E-state index contributed by atoms with van der Waals surface area (Å²) >= 11 is 7.14. The number of carboxylic acids is 1. The monoisotopic (exact) mass is 393 g/mol. The molecule has 0 bridgehead atoms. The van der Waals surface area contributed by atoms with Crippen LogP contribution in [0.1, 0.15) is 28.9 Å². The number of carbonyl (C=O) groups is 2. The maximum atomic E-state index is 12.6. The molecule has 2 N–H and O–H groups in total. The Morgan fingerprint density at radius 2 is 1.96 bits per heavy atom. The smallest absolute Gasteiger partial charge is 0.316 e. The van der Waals surface area contributed by atoms with Gasteiger partial charge in [0.2, 0.25) is 0 Å². The van der Waals surface area contributed by atoms with Gasteiger partial charge < -0.3 is 15.2 Å². The number of aliphatic carboxylic acids is 1. The van der Waals surface area contributed by atoms with Crippen molar-refractivity contribution in [3.8, 4) is 0 Å². The summed E-state index contributed by atoms with van der Waals surface area (Å²) in [6, 6.07) is 14.2. The zero-order chi connectivity index (χ0) is 19.1. The first-order chi connectivity index (χ1) is 12.4. The van der Waals surface area contributed by atoms with Gasteiger partial charge in [-0.3, -0.25) is 9.59 Å². The van der Waals surface area contributed by atoms with E-state index in [1.165, 1.54) is 0 Å². The van der Waals surface area contributed by atoms with Crippen LogP contribution in [0.5, 0.6) is 0 Å². The number of nitrogens with one attached hydrogen (secondary N) is 1. The zero-order valence-corrected chi connectivity index (χ0v) is 16.0. The third-order valence-electron chi connectivity index (χ3n) is 3.74. The third kappa shape index (κ3) is 5.49. The number of carboxylic acid groups (broad SMARTS) is 1. The van der Waals surface area contributed by atoms with Gasteiger partial charge in [0.1, 0.15) is 5.25 Å². The minimum Gasteiger partial charge on any atom is -0.480 e. The summed E-state index contributed by atoms with van der Waals surface area (Å²) in [5.74, 6) is -1.21. The van der Waals surface area contributed by atoms with Crippen LogP contribution in [0.3, 0.4) is 0 Å². The lowest BCUT2D eigenvalue weighted by molar-refractivity contribution is -0.136. The number of thioether (sulfide) groups is 1. The number of carbonyl (C=O) groups excluding carboxylic acids is 1. The Balaban J connectivity index is 2.09. The van der Waals surface area contributed by atoms with Gasteiger partial charge in [0, 0.05) is 23.6 Å². The van der Waals surface area contributed by atoms with Gasteiger partial charge in [-0.1, -0.05) is 35.9 Å². The number of methoxy groups -OCH3 is 1. The molecule has 0 aliphatic carbocycles. The third-order valence-corrected chi connectivity index (χ3v) is 5.14. The second-order valence-corrected chi connectivity index (χ2v) is 7.40. The Labute approximate surface area is 161 Å². The van der Waals surface area contributed by atoms with Crippen molar-refractivity contribution in [2.45, 2.75) is 23.2 Å². The lowest BCUT2D eigenvalue weighted by atomic mass is 10.1. The van der Waals surface area contributed by atoms with Crippen LogP contribution in [0.15, 0.2) is 53.4 Å². The fourth-order valence-corrected chi connectivity index (χ4v) is 3.45. The maximum Gasteiger partial charge on any atom is 0.316 e. The molecule has 0 heterocycles. The summed E-state index contributed by atoms with van der Waals surface area (Å²) in [5.41, 5.74) is 1.30. The van der Waals surface area contributed by atoms with E-state index in [0.717, 1.165) is 17.3 Å². The van der Waals surface area contributed by atoms with Gasteiger partial charge in [0.15, 0.2) is 0 Å². The normalized spacial score (nSPS) is 13.0. The largest absolute Gasteiger partial charge is 0.480 e. The Morgan fingerprint density at radius 3 is 2.62 bits per heavy atom. The van der Waals surface area contributed by atoms with Crippen LogP contribution in [0.4, 0.5) is 0 Å². The van der Waals surface area contributed by atoms with Crippen LogP contribution in [0.2, 0.25) is 5.02 Å². The SMILES string of the molecule is COC(CNC(=O)c1ccccc1SC(C)C(=O)O)c1cccc(Cl)c1. The van der Waals surface area contributed by atoms with Crippen LogP contribution in [-0.4, -0.2) is 35.9 Å². The molecule has 2 atom stereocenters.